The summed E-state index contributed by atoms with van der Waals surface area (Å²) in [5.41, 5.74) is 5.03. The van der Waals surface area contributed by atoms with E-state index < -0.39 is 0 Å². The molecule has 1 aliphatic rings. The van der Waals surface area contributed by atoms with Gasteiger partial charge in [0.05, 0.1) is 18.8 Å². The summed E-state index contributed by atoms with van der Waals surface area (Å²) in [5, 5.41) is 4.07. The van der Waals surface area contributed by atoms with Gasteiger partial charge in [0.15, 0.2) is 11.5 Å². The Balaban J connectivity index is 1.55. The standard InChI is InChI=1S/C26H27FN2O3/c1-16-13-24(25(30-5)19(4)29(16)26-17(2)18(3)28-32-26)31-15-22-12-11-21(14-23(22)27)20-9-7-6-8-10-20/h6-14,19H,15H2,1-5H3. The smallest absolute Gasteiger partial charge is 0.235 e. The lowest BCUT2D eigenvalue weighted by Crippen LogP contribution is -2.37. The van der Waals surface area contributed by atoms with Gasteiger partial charge in [0.1, 0.15) is 12.4 Å². The number of hydrogen-bond acceptors (Lipinski definition) is 5. The Morgan fingerprint density at radius 3 is 2.44 bits per heavy atom. The predicted molar refractivity (Wildman–Crippen MR) is 122 cm³/mol. The fourth-order valence-electron chi connectivity index (χ4n) is 3.94. The highest BCUT2D eigenvalue weighted by Gasteiger charge is 2.32. The molecule has 1 atom stereocenters. The summed E-state index contributed by atoms with van der Waals surface area (Å²) >= 11 is 0. The Bertz CT molecular complexity index is 1180. The molecule has 6 heteroatoms. The first-order valence-electron chi connectivity index (χ1n) is 10.6. The molecule has 1 unspecified atom stereocenters. The summed E-state index contributed by atoms with van der Waals surface area (Å²) in [6, 6.07) is 14.8. The maximum atomic E-state index is 14.8. The number of anilines is 1. The van der Waals surface area contributed by atoms with Gasteiger partial charge in [-0.1, -0.05) is 47.6 Å². The van der Waals surface area contributed by atoms with Crippen LogP contribution in [0.25, 0.3) is 11.1 Å². The van der Waals surface area contributed by atoms with E-state index in [4.69, 9.17) is 14.0 Å². The second-order valence-electron chi connectivity index (χ2n) is 7.92. The van der Waals surface area contributed by atoms with Crippen LogP contribution in [0, 0.1) is 19.7 Å². The minimum absolute atomic E-state index is 0.0973. The highest BCUT2D eigenvalue weighted by molar-refractivity contribution is 5.63. The van der Waals surface area contributed by atoms with Crippen LogP contribution in [0.4, 0.5) is 10.3 Å². The molecule has 0 saturated carbocycles. The topological polar surface area (TPSA) is 47.7 Å². The van der Waals surface area contributed by atoms with Crippen molar-refractivity contribution in [2.75, 3.05) is 12.0 Å². The lowest BCUT2D eigenvalue weighted by atomic mass is 10.0. The van der Waals surface area contributed by atoms with Crippen LogP contribution in [0.1, 0.15) is 30.7 Å². The van der Waals surface area contributed by atoms with Crippen molar-refractivity contribution in [2.45, 2.75) is 40.3 Å². The average Bonchev–Trinajstić information content (AvgIpc) is 3.11. The van der Waals surface area contributed by atoms with Crippen molar-refractivity contribution in [2.24, 2.45) is 0 Å². The monoisotopic (exact) mass is 434 g/mol. The van der Waals surface area contributed by atoms with Crippen molar-refractivity contribution in [1.29, 1.82) is 0 Å². The zero-order valence-corrected chi connectivity index (χ0v) is 19.0. The summed E-state index contributed by atoms with van der Waals surface area (Å²) < 4.78 is 32.0. The fraction of sp³-hybridized carbons (Fsp3) is 0.269. The largest absolute Gasteiger partial charge is 0.495 e. The van der Waals surface area contributed by atoms with Crippen molar-refractivity contribution in [1.82, 2.24) is 5.16 Å². The van der Waals surface area contributed by atoms with Crippen molar-refractivity contribution in [3.63, 3.8) is 0 Å². The van der Waals surface area contributed by atoms with E-state index in [1.54, 1.807) is 19.2 Å². The number of hydrogen-bond donors (Lipinski definition) is 0. The maximum absolute atomic E-state index is 14.8. The van der Waals surface area contributed by atoms with Gasteiger partial charge in [0, 0.05) is 22.9 Å². The predicted octanol–water partition coefficient (Wildman–Crippen LogP) is 6.28. The maximum Gasteiger partial charge on any atom is 0.235 e. The van der Waals surface area contributed by atoms with Crippen LogP contribution in [-0.4, -0.2) is 18.3 Å². The van der Waals surface area contributed by atoms with Gasteiger partial charge in [-0.3, -0.25) is 0 Å². The summed E-state index contributed by atoms with van der Waals surface area (Å²) in [4.78, 5) is 2.02. The first kappa shape index (κ1) is 21.7. The molecule has 0 N–H and O–H groups in total. The van der Waals surface area contributed by atoms with Gasteiger partial charge in [0.2, 0.25) is 5.88 Å². The molecule has 0 spiro atoms. The van der Waals surface area contributed by atoms with E-state index in [0.29, 0.717) is 23.0 Å². The molecule has 166 valence electrons. The number of allylic oxidation sites excluding steroid dienone is 2. The third kappa shape index (κ3) is 4.00. The number of nitrogens with zero attached hydrogens (tertiary/aromatic N) is 2. The fourth-order valence-corrected chi connectivity index (χ4v) is 3.94. The molecule has 0 fully saturated rings. The van der Waals surface area contributed by atoms with Crippen LogP contribution in [0.3, 0.4) is 0 Å². The Morgan fingerprint density at radius 2 is 1.81 bits per heavy atom. The van der Waals surface area contributed by atoms with Crippen molar-refractivity contribution < 1.29 is 18.4 Å². The van der Waals surface area contributed by atoms with E-state index in [1.165, 1.54) is 0 Å². The lowest BCUT2D eigenvalue weighted by Gasteiger charge is -2.34. The molecule has 0 saturated heterocycles. The second kappa shape index (κ2) is 8.91. The molecule has 32 heavy (non-hydrogen) atoms. The number of aryl methyl sites for hydroxylation is 1. The Kier molecular flexibility index (Phi) is 6.04. The molecule has 0 bridgehead atoms. The highest BCUT2D eigenvalue weighted by Crippen LogP contribution is 2.35. The molecule has 5 nitrogen and oxygen atoms in total. The summed E-state index contributed by atoms with van der Waals surface area (Å²) in [6.07, 6.45) is 1.88. The Hall–Kier alpha value is -3.54. The first-order valence-corrected chi connectivity index (χ1v) is 10.6. The van der Waals surface area contributed by atoms with Crippen LogP contribution < -0.4 is 4.90 Å². The molecule has 2 heterocycles. The molecular weight excluding hydrogens is 407 g/mol. The molecule has 4 rings (SSSR count). The SMILES string of the molecule is COC1=C(OCc2ccc(-c3ccccc3)cc2F)C=C(C)N(c2onc(C)c2C)C1C. The van der Waals surface area contributed by atoms with Crippen LogP contribution in [0.5, 0.6) is 0 Å². The van der Waals surface area contributed by atoms with Crippen LogP contribution in [-0.2, 0) is 16.1 Å². The minimum atomic E-state index is -0.301. The van der Waals surface area contributed by atoms with Gasteiger partial charge in [-0.15, -0.1) is 0 Å². The summed E-state index contributed by atoms with van der Waals surface area (Å²) in [5.74, 6) is 1.60. The number of aromatic nitrogens is 1. The van der Waals surface area contributed by atoms with Crippen LogP contribution in [0.2, 0.25) is 0 Å². The van der Waals surface area contributed by atoms with E-state index in [2.05, 4.69) is 5.16 Å². The third-order valence-electron chi connectivity index (χ3n) is 5.84. The highest BCUT2D eigenvalue weighted by atomic mass is 19.1. The molecule has 0 radical (unpaired) electrons. The Labute approximate surface area is 187 Å². The molecular formula is C26H27FN2O3. The Morgan fingerprint density at radius 1 is 1.06 bits per heavy atom. The molecule has 0 amide bonds. The number of halogens is 1. The summed E-state index contributed by atoms with van der Waals surface area (Å²) in [7, 11) is 1.61. The van der Waals surface area contributed by atoms with Gasteiger partial charge in [0.25, 0.3) is 0 Å². The number of methoxy groups -OCH3 is 1. The van der Waals surface area contributed by atoms with Gasteiger partial charge in [-0.05, 0) is 44.9 Å². The van der Waals surface area contributed by atoms with Crippen LogP contribution in [0.15, 0.2) is 76.3 Å². The quantitative estimate of drug-likeness (QED) is 0.457. The normalized spacial score (nSPS) is 16.2. The van der Waals surface area contributed by atoms with Crippen LogP contribution >= 0.6 is 0 Å². The zero-order chi connectivity index (χ0) is 22.8. The van der Waals surface area contributed by atoms with Gasteiger partial charge < -0.3 is 18.9 Å². The molecule has 2 aromatic carbocycles. The van der Waals surface area contributed by atoms with Gasteiger partial charge >= 0.3 is 0 Å². The number of rotatable bonds is 6. The van der Waals surface area contributed by atoms with E-state index in [9.17, 15) is 4.39 Å². The minimum Gasteiger partial charge on any atom is -0.495 e. The van der Waals surface area contributed by atoms with Crippen molar-refractivity contribution in [3.05, 3.63) is 94.5 Å². The van der Waals surface area contributed by atoms with Crippen molar-refractivity contribution in [3.8, 4) is 11.1 Å². The first-order chi connectivity index (χ1) is 15.4. The van der Waals surface area contributed by atoms with Crippen molar-refractivity contribution >= 4 is 5.88 Å². The summed E-state index contributed by atoms with van der Waals surface area (Å²) in [6.45, 7) is 7.96. The zero-order valence-electron chi connectivity index (χ0n) is 19.0. The third-order valence-corrected chi connectivity index (χ3v) is 5.84. The van der Waals surface area contributed by atoms with Gasteiger partial charge in [-0.25, -0.2) is 4.39 Å². The number of ether oxygens (including phenoxy) is 2. The van der Waals surface area contributed by atoms with Gasteiger partial charge in [-0.2, -0.15) is 0 Å². The lowest BCUT2D eigenvalue weighted by molar-refractivity contribution is 0.163. The number of benzene rings is 2. The molecule has 1 aromatic heterocycles. The van der Waals surface area contributed by atoms with E-state index in [-0.39, 0.29) is 18.5 Å². The molecule has 3 aromatic rings. The molecule has 0 aliphatic carbocycles. The molecule has 1 aliphatic heterocycles. The van der Waals surface area contributed by atoms with E-state index >= 15 is 0 Å². The second-order valence-corrected chi connectivity index (χ2v) is 7.92. The van der Waals surface area contributed by atoms with E-state index in [1.807, 2.05) is 75.1 Å². The van der Waals surface area contributed by atoms with E-state index in [0.717, 1.165) is 28.1 Å². The average molecular weight is 435 g/mol.